The van der Waals surface area contributed by atoms with Crippen LogP contribution in [0, 0.1) is 5.92 Å². The van der Waals surface area contributed by atoms with Gasteiger partial charge in [0.15, 0.2) is 5.75 Å². The Morgan fingerprint density at radius 1 is 1.23 bits per heavy atom. The van der Waals surface area contributed by atoms with Crippen molar-refractivity contribution in [2.45, 2.75) is 38.3 Å². The Morgan fingerprint density at radius 3 is 2.43 bits per heavy atom. The molecular weight excluding hydrogens is 394 g/mol. The quantitative estimate of drug-likeness (QED) is 0.710. The number of benzene rings is 1. The number of anilines is 1. The van der Waals surface area contributed by atoms with Crippen LogP contribution in [-0.2, 0) is 4.79 Å². The largest absolute Gasteiger partial charge is 0.490 e. The van der Waals surface area contributed by atoms with Crippen LogP contribution in [0.3, 0.4) is 0 Å². The van der Waals surface area contributed by atoms with Gasteiger partial charge in [0.05, 0.1) is 44.0 Å². The second-order valence-electron chi connectivity index (χ2n) is 7.83. The highest BCUT2D eigenvalue weighted by Crippen LogP contribution is 2.48. The molecule has 1 aromatic heterocycles. The average molecular weight is 418 g/mol. The lowest BCUT2D eigenvalue weighted by Gasteiger charge is -2.38. The van der Waals surface area contributed by atoms with E-state index in [1.165, 1.54) is 19.3 Å². The van der Waals surface area contributed by atoms with Gasteiger partial charge in [0, 0.05) is 13.3 Å². The van der Waals surface area contributed by atoms with Crippen molar-refractivity contribution in [1.29, 1.82) is 0 Å². The Labute approximate surface area is 173 Å². The number of amides is 1. The molecule has 0 radical (unpaired) electrons. The van der Waals surface area contributed by atoms with Crippen molar-refractivity contribution >= 4 is 11.9 Å². The van der Waals surface area contributed by atoms with Gasteiger partial charge in [0.1, 0.15) is 11.9 Å². The van der Waals surface area contributed by atoms with Gasteiger partial charge in [-0.25, -0.2) is 18.7 Å². The molecule has 1 saturated carbocycles. The summed E-state index contributed by atoms with van der Waals surface area (Å²) < 4.78 is 37.0. The van der Waals surface area contributed by atoms with E-state index >= 15 is 0 Å². The molecule has 1 aliphatic heterocycles. The predicted molar refractivity (Wildman–Crippen MR) is 106 cm³/mol. The van der Waals surface area contributed by atoms with Crippen LogP contribution in [0.2, 0.25) is 0 Å². The maximum absolute atomic E-state index is 12.9. The fraction of sp³-hybridized carbons (Fsp3) is 0.476. The Morgan fingerprint density at radius 2 is 1.87 bits per heavy atom. The number of aromatic nitrogens is 2. The first-order valence-corrected chi connectivity index (χ1v) is 9.91. The van der Waals surface area contributed by atoms with E-state index < -0.39 is 11.8 Å². The summed E-state index contributed by atoms with van der Waals surface area (Å²) in [5.41, 5.74) is 1.01. The molecule has 2 aromatic rings. The lowest BCUT2D eigenvalue weighted by molar-refractivity contribution is -0.119. The van der Waals surface area contributed by atoms with Crippen LogP contribution in [0.4, 0.5) is 14.7 Å². The molecule has 2 atom stereocenters. The number of hydrogen-bond donors (Lipinski definition) is 1. The lowest BCUT2D eigenvalue weighted by Crippen LogP contribution is -2.54. The highest BCUT2D eigenvalue weighted by atomic mass is 19.3. The van der Waals surface area contributed by atoms with E-state index in [0.29, 0.717) is 24.8 Å². The Bertz CT molecular complexity index is 886. The molecule has 30 heavy (non-hydrogen) atoms. The van der Waals surface area contributed by atoms with E-state index in [1.54, 1.807) is 0 Å². The van der Waals surface area contributed by atoms with Gasteiger partial charge in [-0.05, 0) is 24.6 Å². The third-order valence-corrected chi connectivity index (χ3v) is 5.25. The molecule has 1 saturated heterocycles. The molecule has 160 valence electrons. The molecule has 9 heteroatoms. The second kappa shape index (κ2) is 8.04. The zero-order valence-corrected chi connectivity index (χ0v) is 16.8. The Hall–Kier alpha value is -2.97. The van der Waals surface area contributed by atoms with Crippen molar-refractivity contribution in [2.24, 2.45) is 5.92 Å². The summed E-state index contributed by atoms with van der Waals surface area (Å²) in [7, 11) is 0. The molecule has 1 N–H and O–H groups in total. The topological polar surface area (TPSA) is 76.6 Å². The fourth-order valence-electron chi connectivity index (χ4n) is 3.29. The van der Waals surface area contributed by atoms with E-state index in [2.05, 4.69) is 15.3 Å². The van der Waals surface area contributed by atoms with Crippen molar-refractivity contribution in [1.82, 2.24) is 15.3 Å². The number of carbonyl (C=O) groups excluding carboxylic acids is 1. The molecule has 1 amide bonds. The van der Waals surface area contributed by atoms with Crippen LogP contribution in [0.25, 0.3) is 0 Å². The highest BCUT2D eigenvalue weighted by Gasteiger charge is 2.57. The normalized spacial score (nSPS) is 20.8. The summed E-state index contributed by atoms with van der Waals surface area (Å²) in [6, 6.07) is 7.60. The van der Waals surface area contributed by atoms with Gasteiger partial charge in [-0.2, -0.15) is 0 Å². The lowest BCUT2D eigenvalue weighted by atomic mass is 10.1. The number of nitrogens with zero attached hydrogens (tertiary/aromatic N) is 3. The first-order chi connectivity index (χ1) is 14.3. The summed E-state index contributed by atoms with van der Waals surface area (Å²) in [5, 5.41) is 2.85. The third-order valence-electron chi connectivity index (χ3n) is 5.25. The molecule has 2 aliphatic rings. The van der Waals surface area contributed by atoms with Crippen LogP contribution in [0.15, 0.2) is 36.7 Å². The summed E-state index contributed by atoms with van der Waals surface area (Å²) in [5.74, 6) is -1.64. The first kappa shape index (κ1) is 20.3. The van der Waals surface area contributed by atoms with Crippen molar-refractivity contribution in [2.75, 3.05) is 24.6 Å². The number of rotatable bonds is 8. The van der Waals surface area contributed by atoms with E-state index in [-0.39, 0.29) is 31.1 Å². The number of halogens is 2. The van der Waals surface area contributed by atoms with Crippen molar-refractivity contribution in [3.63, 3.8) is 0 Å². The van der Waals surface area contributed by atoms with Crippen LogP contribution in [-0.4, -0.2) is 47.6 Å². The van der Waals surface area contributed by atoms with Crippen LogP contribution < -0.4 is 19.7 Å². The number of carbonyl (C=O) groups is 1. The molecule has 2 fully saturated rings. The number of nitrogens with one attached hydrogen (secondary N) is 1. The van der Waals surface area contributed by atoms with Gasteiger partial charge in [0.25, 0.3) is 5.92 Å². The van der Waals surface area contributed by atoms with E-state index in [4.69, 9.17) is 9.47 Å². The Balaban J connectivity index is 1.21. The maximum Gasteiger partial charge on any atom is 0.255 e. The maximum atomic E-state index is 12.9. The van der Waals surface area contributed by atoms with E-state index in [9.17, 15) is 13.6 Å². The highest BCUT2D eigenvalue weighted by molar-refractivity contribution is 5.73. The van der Waals surface area contributed by atoms with Gasteiger partial charge in [-0.3, -0.25) is 4.79 Å². The zero-order valence-electron chi connectivity index (χ0n) is 16.8. The Kier molecular flexibility index (Phi) is 5.44. The molecule has 1 unspecified atom stereocenters. The summed E-state index contributed by atoms with van der Waals surface area (Å²) >= 11 is 0. The molecule has 0 spiro atoms. The standard InChI is InChI=1S/C21H24F2N4O3/c1-13(26-14(2)28)15-3-5-17(6-4-15)30-19-10-27(11-19)20-24-8-18(9-25-20)29-12-16-7-21(16,22)23/h3-6,8-9,13,16,19H,7,10-12H2,1-2H3,(H,26,28)/t13-,16?/m0/s1. The molecule has 7 nitrogen and oxygen atoms in total. The van der Waals surface area contributed by atoms with Crippen LogP contribution in [0.1, 0.15) is 31.9 Å². The number of alkyl halides is 2. The van der Waals surface area contributed by atoms with Crippen LogP contribution in [0.5, 0.6) is 11.5 Å². The first-order valence-electron chi connectivity index (χ1n) is 9.91. The van der Waals surface area contributed by atoms with Crippen molar-refractivity contribution in [3.8, 4) is 11.5 Å². The monoisotopic (exact) mass is 418 g/mol. The number of hydrogen-bond acceptors (Lipinski definition) is 6. The van der Waals surface area contributed by atoms with Crippen molar-refractivity contribution < 1.29 is 23.0 Å². The van der Waals surface area contributed by atoms with Gasteiger partial charge in [0.2, 0.25) is 11.9 Å². The SMILES string of the molecule is CC(=O)N[C@@H](C)c1ccc(OC2CN(c3ncc(OCC4CC4(F)F)cn3)C2)cc1. The van der Waals surface area contributed by atoms with Gasteiger partial charge >= 0.3 is 0 Å². The zero-order chi connectivity index (χ0) is 21.3. The fourth-order valence-corrected chi connectivity index (χ4v) is 3.29. The molecular formula is C21H24F2N4O3. The van der Waals surface area contributed by atoms with Gasteiger partial charge in [-0.1, -0.05) is 12.1 Å². The summed E-state index contributed by atoms with van der Waals surface area (Å²) in [4.78, 5) is 21.6. The summed E-state index contributed by atoms with van der Waals surface area (Å²) in [6.45, 7) is 4.71. The molecule has 1 aliphatic carbocycles. The van der Waals surface area contributed by atoms with E-state index in [0.717, 1.165) is 11.3 Å². The number of ether oxygens (including phenoxy) is 2. The predicted octanol–water partition coefficient (Wildman–Crippen LogP) is 2.98. The minimum Gasteiger partial charge on any atom is -0.490 e. The van der Waals surface area contributed by atoms with Gasteiger partial charge in [-0.15, -0.1) is 0 Å². The minimum absolute atomic E-state index is 0.0162. The minimum atomic E-state index is -2.59. The van der Waals surface area contributed by atoms with E-state index in [1.807, 2.05) is 36.1 Å². The molecule has 2 heterocycles. The smallest absolute Gasteiger partial charge is 0.255 e. The average Bonchev–Trinajstić information content (AvgIpc) is 3.30. The van der Waals surface area contributed by atoms with Gasteiger partial charge < -0.3 is 19.7 Å². The third kappa shape index (κ3) is 4.77. The van der Waals surface area contributed by atoms with Crippen molar-refractivity contribution in [3.05, 3.63) is 42.2 Å². The van der Waals surface area contributed by atoms with Crippen LogP contribution >= 0.6 is 0 Å². The second-order valence-corrected chi connectivity index (χ2v) is 7.83. The molecule has 1 aromatic carbocycles. The summed E-state index contributed by atoms with van der Waals surface area (Å²) in [6.07, 6.45) is 2.93. The molecule has 4 rings (SSSR count). The molecule has 0 bridgehead atoms.